The molecular formula is C9H4F2N2O4. The predicted octanol–water partition coefficient (Wildman–Crippen LogP) is 1.88. The maximum Gasteiger partial charge on any atom is 0.387 e. The van der Waals surface area contributed by atoms with Gasteiger partial charge in [0.1, 0.15) is 22.9 Å². The Labute approximate surface area is 93.2 Å². The summed E-state index contributed by atoms with van der Waals surface area (Å²) in [5.41, 5.74) is -1.82. The molecule has 0 aliphatic heterocycles. The number of rotatable bonds is 4. The fraction of sp³-hybridized carbons (Fsp3) is 0.111. The fourth-order valence-electron chi connectivity index (χ4n) is 1.18. The molecule has 0 aliphatic carbocycles. The summed E-state index contributed by atoms with van der Waals surface area (Å²) < 4.78 is 27.9. The van der Waals surface area contributed by atoms with Crippen LogP contribution < -0.4 is 4.74 Å². The lowest BCUT2D eigenvalue weighted by molar-refractivity contribution is -0.385. The van der Waals surface area contributed by atoms with Crippen LogP contribution in [0.3, 0.4) is 0 Å². The van der Waals surface area contributed by atoms with Crippen LogP contribution in [-0.4, -0.2) is 17.8 Å². The van der Waals surface area contributed by atoms with E-state index in [4.69, 9.17) is 5.26 Å². The van der Waals surface area contributed by atoms with Crippen LogP contribution in [-0.2, 0) is 0 Å². The van der Waals surface area contributed by atoms with Crippen LogP contribution in [0.15, 0.2) is 12.1 Å². The van der Waals surface area contributed by atoms with Gasteiger partial charge in [-0.3, -0.25) is 14.9 Å². The van der Waals surface area contributed by atoms with Crippen molar-refractivity contribution < 1.29 is 23.2 Å². The smallest absolute Gasteiger partial charge is 0.387 e. The normalized spacial score (nSPS) is 9.76. The Morgan fingerprint density at radius 3 is 2.59 bits per heavy atom. The Bertz CT molecular complexity index is 510. The van der Waals surface area contributed by atoms with Crippen LogP contribution in [0.4, 0.5) is 14.5 Å². The van der Waals surface area contributed by atoms with Crippen LogP contribution in [0.25, 0.3) is 0 Å². The molecule has 0 unspecified atom stereocenters. The number of nitrogens with zero attached hydrogens (tertiary/aromatic N) is 2. The summed E-state index contributed by atoms with van der Waals surface area (Å²) >= 11 is 0. The van der Waals surface area contributed by atoms with Crippen molar-refractivity contribution in [1.29, 1.82) is 5.26 Å². The molecular weight excluding hydrogens is 238 g/mol. The molecule has 0 bridgehead atoms. The summed E-state index contributed by atoms with van der Waals surface area (Å²) in [6.07, 6.45) is 0.0506. The maximum atomic E-state index is 12.0. The van der Waals surface area contributed by atoms with Crippen molar-refractivity contribution in [3.05, 3.63) is 33.4 Å². The summed E-state index contributed by atoms with van der Waals surface area (Å²) in [6, 6.07) is 3.09. The molecule has 0 amide bonds. The van der Waals surface area contributed by atoms with E-state index in [9.17, 15) is 23.7 Å². The number of nitro groups is 1. The van der Waals surface area contributed by atoms with Gasteiger partial charge in [0.15, 0.2) is 6.29 Å². The standard InChI is InChI=1S/C9H4F2N2O4/c10-9(11)17-8-2-1-7(13(15)16)6(4-14)5(8)3-12/h1-2,4,9H. The highest BCUT2D eigenvalue weighted by molar-refractivity contribution is 5.87. The van der Waals surface area contributed by atoms with Crippen LogP contribution in [0.5, 0.6) is 5.75 Å². The molecule has 0 aliphatic rings. The molecule has 8 heteroatoms. The third kappa shape index (κ3) is 2.52. The number of nitro benzene ring substituents is 1. The van der Waals surface area contributed by atoms with E-state index in [0.717, 1.165) is 12.1 Å². The van der Waals surface area contributed by atoms with Crippen molar-refractivity contribution in [3.63, 3.8) is 0 Å². The zero-order chi connectivity index (χ0) is 13.0. The minimum atomic E-state index is -3.19. The van der Waals surface area contributed by atoms with Crippen molar-refractivity contribution in [3.8, 4) is 11.8 Å². The minimum Gasteiger partial charge on any atom is -0.433 e. The molecule has 0 spiro atoms. The second-order valence-corrected chi connectivity index (χ2v) is 2.74. The number of hydrogen-bond donors (Lipinski definition) is 0. The predicted molar refractivity (Wildman–Crippen MR) is 49.8 cm³/mol. The Kier molecular flexibility index (Phi) is 3.66. The lowest BCUT2D eigenvalue weighted by Gasteiger charge is -2.07. The molecule has 0 saturated heterocycles. The lowest BCUT2D eigenvalue weighted by atomic mass is 10.1. The average Bonchev–Trinajstić information content (AvgIpc) is 2.26. The number of carbonyl (C=O) groups excluding carboxylic acids is 1. The maximum absolute atomic E-state index is 12.0. The number of aldehydes is 1. The quantitative estimate of drug-likeness (QED) is 0.456. The van der Waals surface area contributed by atoms with E-state index in [-0.39, 0.29) is 6.29 Å². The van der Waals surface area contributed by atoms with E-state index >= 15 is 0 Å². The van der Waals surface area contributed by atoms with E-state index in [1.54, 1.807) is 0 Å². The molecule has 0 heterocycles. The number of benzene rings is 1. The first-order valence-electron chi connectivity index (χ1n) is 4.12. The summed E-state index contributed by atoms with van der Waals surface area (Å²) in [6.45, 7) is -3.19. The van der Waals surface area contributed by atoms with E-state index in [0.29, 0.717) is 0 Å². The highest BCUT2D eigenvalue weighted by Gasteiger charge is 2.22. The van der Waals surface area contributed by atoms with Crippen LogP contribution in [0, 0.1) is 21.4 Å². The second kappa shape index (κ2) is 4.98. The van der Waals surface area contributed by atoms with Gasteiger partial charge in [-0.1, -0.05) is 0 Å². The number of halogens is 2. The monoisotopic (exact) mass is 242 g/mol. The third-order valence-electron chi connectivity index (χ3n) is 1.83. The van der Waals surface area contributed by atoms with Crippen LogP contribution in [0.2, 0.25) is 0 Å². The van der Waals surface area contributed by atoms with Crippen molar-refractivity contribution >= 4 is 12.0 Å². The fourth-order valence-corrected chi connectivity index (χ4v) is 1.18. The van der Waals surface area contributed by atoms with E-state index in [2.05, 4.69) is 4.74 Å². The summed E-state index contributed by atoms with van der Waals surface area (Å²) in [5.74, 6) is -0.574. The Balaban J connectivity index is 3.44. The van der Waals surface area contributed by atoms with Gasteiger partial charge in [-0.25, -0.2) is 0 Å². The molecule has 88 valence electrons. The van der Waals surface area contributed by atoms with E-state index in [1.165, 1.54) is 6.07 Å². The molecule has 0 atom stereocenters. The number of alkyl halides is 2. The number of carbonyl (C=O) groups is 1. The van der Waals surface area contributed by atoms with Gasteiger partial charge in [-0.15, -0.1) is 0 Å². The van der Waals surface area contributed by atoms with Gasteiger partial charge in [-0.05, 0) is 6.07 Å². The largest absolute Gasteiger partial charge is 0.433 e. The topological polar surface area (TPSA) is 93.2 Å². The van der Waals surface area contributed by atoms with Gasteiger partial charge in [0, 0.05) is 6.07 Å². The molecule has 17 heavy (non-hydrogen) atoms. The van der Waals surface area contributed by atoms with Crippen LogP contribution >= 0.6 is 0 Å². The first-order chi connectivity index (χ1) is 8.01. The third-order valence-corrected chi connectivity index (χ3v) is 1.83. The molecule has 0 saturated carbocycles. The first-order valence-corrected chi connectivity index (χ1v) is 4.12. The summed E-state index contributed by atoms with van der Waals surface area (Å²) in [5, 5.41) is 19.2. The number of hydrogen-bond acceptors (Lipinski definition) is 5. The lowest BCUT2D eigenvalue weighted by Crippen LogP contribution is -2.06. The SMILES string of the molecule is N#Cc1c(OC(F)F)ccc([N+](=O)[O-])c1C=O. The van der Waals surface area contributed by atoms with Gasteiger partial charge in [0.2, 0.25) is 0 Å². The van der Waals surface area contributed by atoms with Gasteiger partial charge >= 0.3 is 6.61 Å². The van der Waals surface area contributed by atoms with E-state index in [1.807, 2.05) is 0 Å². The van der Waals surface area contributed by atoms with Crippen molar-refractivity contribution in [2.75, 3.05) is 0 Å². The molecule has 6 nitrogen and oxygen atoms in total. The minimum absolute atomic E-state index is 0.0506. The van der Waals surface area contributed by atoms with E-state index < -0.39 is 34.1 Å². The van der Waals surface area contributed by atoms with Gasteiger partial charge in [-0.2, -0.15) is 14.0 Å². The van der Waals surface area contributed by atoms with Crippen molar-refractivity contribution in [2.45, 2.75) is 6.61 Å². The van der Waals surface area contributed by atoms with Gasteiger partial charge in [0.05, 0.1) is 4.92 Å². The van der Waals surface area contributed by atoms with Crippen molar-refractivity contribution in [2.24, 2.45) is 0 Å². The zero-order valence-electron chi connectivity index (χ0n) is 8.09. The molecule has 0 aromatic heterocycles. The Morgan fingerprint density at radius 1 is 1.53 bits per heavy atom. The Morgan fingerprint density at radius 2 is 2.18 bits per heavy atom. The molecule has 0 fully saturated rings. The molecule has 1 aromatic rings. The average molecular weight is 242 g/mol. The molecule has 1 rings (SSSR count). The van der Waals surface area contributed by atoms with Gasteiger partial charge < -0.3 is 4.74 Å². The van der Waals surface area contributed by atoms with Crippen LogP contribution in [0.1, 0.15) is 15.9 Å². The second-order valence-electron chi connectivity index (χ2n) is 2.74. The van der Waals surface area contributed by atoms with Gasteiger partial charge in [0.25, 0.3) is 5.69 Å². The zero-order valence-corrected chi connectivity index (χ0v) is 8.09. The molecule has 1 aromatic carbocycles. The summed E-state index contributed by atoms with van der Waals surface area (Å²) in [7, 11) is 0. The first kappa shape index (κ1) is 12.5. The number of ether oxygens (including phenoxy) is 1. The highest BCUT2D eigenvalue weighted by atomic mass is 19.3. The molecule has 0 N–H and O–H groups in total. The number of nitriles is 1. The van der Waals surface area contributed by atoms with Crippen molar-refractivity contribution in [1.82, 2.24) is 0 Å². The molecule has 0 radical (unpaired) electrons. The summed E-state index contributed by atoms with van der Waals surface area (Å²) in [4.78, 5) is 20.3. The Hall–Kier alpha value is -2.56. The highest BCUT2D eigenvalue weighted by Crippen LogP contribution is 2.29.